The van der Waals surface area contributed by atoms with Gasteiger partial charge in [-0.2, -0.15) is 0 Å². The summed E-state index contributed by atoms with van der Waals surface area (Å²) in [5, 5.41) is 23.0. The van der Waals surface area contributed by atoms with Crippen LogP contribution < -0.4 is 5.32 Å². The highest BCUT2D eigenvalue weighted by Gasteiger charge is 2.18. The fourth-order valence-electron chi connectivity index (χ4n) is 7.83. The van der Waals surface area contributed by atoms with Crippen LogP contribution >= 0.6 is 0 Å². The number of allylic oxidation sites excluding steroid dienone is 13. The first-order valence-corrected chi connectivity index (χ1v) is 26.8. The lowest BCUT2D eigenvalue weighted by Crippen LogP contribution is -2.45. The maximum Gasteiger partial charge on any atom is 0.220 e. The van der Waals surface area contributed by atoms with Crippen molar-refractivity contribution in [2.24, 2.45) is 0 Å². The number of unbranched alkanes of at least 4 members (excludes halogenated alkanes) is 29. The standard InChI is InChI=1S/C58H103NO3/c1-3-5-7-9-11-13-15-16-17-18-19-20-21-22-23-24-25-26-27-28-29-30-31-32-33-34-35-36-37-38-39-40-41-42-44-46-48-50-52-54-58(62)59-56(55-60)57(61)53-51-49-47-45-43-14-12-10-8-6-4-2/h5,7,11,13,16-17,19-20,22-23,25-26,51,53,56-57,60-61H,3-4,6,8-10,12,14-15,18,21,24,27-50,52,54-55H2,1-2H3,(H,59,62)/b7-5-,13-11-,17-16-,20-19-,23-22-,26-25-,53-51+. The van der Waals surface area contributed by atoms with E-state index < -0.39 is 12.1 Å². The van der Waals surface area contributed by atoms with Crippen molar-refractivity contribution in [3.8, 4) is 0 Å². The number of carbonyl (C=O) groups excluding carboxylic acids is 1. The van der Waals surface area contributed by atoms with E-state index in [1.54, 1.807) is 6.08 Å². The Balaban J connectivity index is 3.44. The largest absolute Gasteiger partial charge is 0.394 e. The van der Waals surface area contributed by atoms with Crippen LogP contribution in [0.3, 0.4) is 0 Å². The molecule has 0 saturated heterocycles. The van der Waals surface area contributed by atoms with E-state index in [0.29, 0.717) is 6.42 Å². The van der Waals surface area contributed by atoms with Crippen molar-refractivity contribution in [1.82, 2.24) is 5.32 Å². The van der Waals surface area contributed by atoms with Crippen molar-refractivity contribution < 1.29 is 15.0 Å². The third-order valence-electron chi connectivity index (χ3n) is 11.9. The lowest BCUT2D eigenvalue weighted by molar-refractivity contribution is -0.123. The molecule has 4 heteroatoms. The third-order valence-corrected chi connectivity index (χ3v) is 11.9. The van der Waals surface area contributed by atoms with Crippen molar-refractivity contribution in [3.05, 3.63) is 85.1 Å². The molecule has 2 unspecified atom stereocenters. The number of nitrogens with one attached hydrogen (secondary N) is 1. The summed E-state index contributed by atoms with van der Waals surface area (Å²) in [4.78, 5) is 12.4. The van der Waals surface area contributed by atoms with Crippen LogP contribution in [0.1, 0.15) is 258 Å². The summed E-state index contributed by atoms with van der Waals surface area (Å²) in [6.07, 6.45) is 77.4. The molecule has 3 N–H and O–H groups in total. The Morgan fingerprint density at radius 1 is 0.403 bits per heavy atom. The molecule has 0 heterocycles. The number of carbonyl (C=O) groups is 1. The van der Waals surface area contributed by atoms with Gasteiger partial charge in [-0.15, -0.1) is 0 Å². The summed E-state index contributed by atoms with van der Waals surface area (Å²) < 4.78 is 0. The molecule has 0 saturated carbocycles. The molecule has 0 bridgehead atoms. The van der Waals surface area contributed by atoms with Crippen molar-refractivity contribution >= 4 is 5.91 Å². The maximum atomic E-state index is 12.4. The topological polar surface area (TPSA) is 69.6 Å². The van der Waals surface area contributed by atoms with E-state index in [1.165, 1.54) is 173 Å². The summed E-state index contributed by atoms with van der Waals surface area (Å²) in [6, 6.07) is -0.622. The van der Waals surface area contributed by atoms with E-state index in [0.717, 1.165) is 64.2 Å². The average Bonchev–Trinajstić information content (AvgIpc) is 3.28. The van der Waals surface area contributed by atoms with Gasteiger partial charge >= 0.3 is 0 Å². The highest BCUT2D eigenvalue weighted by molar-refractivity contribution is 5.76. The minimum Gasteiger partial charge on any atom is -0.394 e. The van der Waals surface area contributed by atoms with Gasteiger partial charge in [-0.1, -0.05) is 266 Å². The zero-order chi connectivity index (χ0) is 44.9. The van der Waals surface area contributed by atoms with E-state index in [-0.39, 0.29) is 12.5 Å². The molecule has 0 aliphatic heterocycles. The number of hydrogen-bond donors (Lipinski definition) is 3. The van der Waals surface area contributed by atoms with E-state index in [4.69, 9.17) is 0 Å². The zero-order valence-electron chi connectivity index (χ0n) is 41.1. The van der Waals surface area contributed by atoms with Crippen LogP contribution in [0.15, 0.2) is 85.1 Å². The summed E-state index contributed by atoms with van der Waals surface area (Å²) >= 11 is 0. The molecular formula is C58H103NO3. The Labute approximate surface area is 386 Å². The predicted octanol–water partition coefficient (Wildman–Crippen LogP) is 17.6. The van der Waals surface area contributed by atoms with Crippen LogP contribution in [0.4, 0.5) is 0 Å². The monoisotopic (exact) mass is 862 g/mol. The third kappa shape index (κ3) is 48.6. The molecule has 0 rings (SSSR count). The molecule has 358 valence electrons. The molecule has 0 radical (unpaired) electrons. The SMILES string of the molecule is CC/C=C\C/C=C\C/C=C\C/C=C\C/C=C\C/C=C\CCCCCCCCCCCCCCCCCCCCCCC(=O)NC(CO)C(O)/C=C/CCCCCCCCCCC. The lowest BCUT2D eigenvalue weighted by atomic mass is 10.0. The van der Waals surface area contributed by atoms with Crippen LogP contribution in [0.5, 0.6) is 0 Å². The molecule has 2 atom stereocenters. The van der Waals surface area contributed by atoms with Crippen molar-refractivity contribution in [2.75, 3.05) is 6.61 Å². The summed E-state index contributed by atoms with van der Waals surface area (Å²) in [7, 11) is 0. The molecular weight excluding hydrogens is 759 g/mol. The molecule has 0 spiro atoms. The minimum atomic E-state index is -0.838. The number of hydrogen-bond acceptors (Lipinski definition) is 3. The van der Waals surface area contributed by atoms with Crippen LogP contribution in [0.2, 0.25) is 0 Å². The summed E-state index contributed by atoms with van der Waals surface area (Å²) in [5.74, 6) is -0.0647. The Hall–Kier alpha value is -2.43. The van der Waals surface area contributed by atoms with E-state index in [9.17, 15) is 15.0 Å². The zero-order valence-corrected chi connectivity index (χ0v) is 41.1. The van der Waals surface area contributed by atoms with E-state index >= 15 is 0 Å². The van der Waals surface area contributed by atoms with Crippen LogP contribution in [-0.2, 0) is 4.79 Å². The van der Waals surface area contributed by atoms with Gasteiger partial charge < -0.3 is 15.5 Å². The van der Waals surface area contributed by atoms with Gasteiger partial charge in [0.15, 0.2) is 0 Å². The highest BCUT2D eigenvalue weighted by Crippen LogP contribution is 2.16. The molecule has 0 fully saturated rings. The number of amides is 1. The smallest absolute Gasteiger partial charge is 0.220 e. The molecule has 1 amide bonds. The quantitative estimate of drug-likeness (QED) is 0.0422. The first-order chi connectivity index (χ1) is 30.7. The van der Waals surface area contributed by atoms with Gasteiger partial charge in [0.05, 0.1) is 18.8 Å². The maximum absolute atomic E-state index is 12.4. The Bertz CT molecular complexity index is 1110. The lowest BCUT2D eigenvalue weighted by Gasteiger charge is -2.20. The van der Waals surface area contributed by atoms with Crippen LogP contribution in [0.25, 0.3) is 0 Å². The second-order valence-electron chi connectivity index (χ2n) is 17.9. The van der Waals surface area contributed by atoms with Crippen LogP contribution in [-0.4, -0.2) is 34.9 Å². The second kappa shape index (κ2) is 52.9. The number of rotatable bonds is 48. The minimum absolute atomic E-state index is 0.0647. The molecule has 0 aliphatic rings. The van der Waals surface area contributed by atoms with E-state index in [2.05, 4.69) is 92.1 Å². The Kier molecular flexibility index (Phi) is 50.8. The second-order valence-corrected chi connectivity index (χ2v) is 17.9. The fraction of sp³-hybridized carbons (Fsp3) is 0.741. The van der Waals surface area contributed by atoms with Crippen molar-refractivity contribution in [3.63, 3.8) is 0 Å². The van der Waals surface area contributed by atoms with Crippen LogP contribution in [0, 0.1) is 0 Å². The molecule has 4 nitrogen and oxygen atoms in total. The molecule has 0 aromatic carbocycles. The first kappa shape index (κ1) is 59.6. The highest BCUT2D eigenvalue weighted by atomic mass is 16.3. The number of aliphatic hydroxyl groups excluding tert-OH is 2. The Morgan fingerprint density at radius 3 is 1.06 bits per heavy atom. The summed E-state index contributed by atoms with van der Waals surface area (Å²) in [6.45, 7) is 4.18. The van der Waals surface area contributed by atoms with Crippen molar-refractivity contribution in [1.29, 1.82) is 0 Å². The average molecular weight is 862 g/mol. The van der Waals surface area contributed by atoms with E-state index in [1.807, 2.05) is 6.08 Å². The van der Waals surface area contributed by atoms with Gasteiger partial charge in [0.1, 0.15) is 0 Å². The predicted molar refractivity (Wildman–Crippen MR) is 276 cm³/mol. The van der Waals surface area contributed by atoms with Gasteiger partial charge in [0.25, 0.3) is 0 Å². The Morgan fingerprint density at radius 2 is 0.710 bits per heavy atom. The molecule has 0 aliphatic carbocycles. The van der Waals surface area contributed by atoms with Gasteiger partial charge in [0.2, 0.25) is 5.91 Å². The number of aliphatic hydroxyl groups is 2. The fourth-order valence-corrected chi connectivity index (χ4v) is 7.83. The molecule has 62 heavy (non-hydrogen) atoms. The first-order valence-electron chi connectivity index (χ1n) is 26.8. The van der Waals surface area contributed by atoms with Gasteiger partial charge in [-0.3, -0.25) is 4.79 Å². The molecule has 0 aromatic heterocycles. The van der Waals surface area contributed by atoms with Gasteiger partial charge in [-0.25, -0.2) is 0 Å². The summed E-state index contributed by atoms with van der Waals surface area (Å²) in [5.41, 5.74) is 0. The van der Waals surface area contributed by atoms with Crippen molar-refractivity contribution in [2.45, 2.75) is 270 Å². The normalized spacial score (nSPS) is 13.5. The van der Waals surface area contributed by atoms with Gasteiger partial charge in [0, 0.05) is 6.42 Å². The van der Waals surface area contributed by atoms with Gasteiger partial charge in [-0.05, 0) is 70.6 Å². The molecule has 0 aromatic rings.